The number of thiazole rings is 1. The maximum absolute atomic E-state index is 5.47. The van der Waals surface area contributed by atoms with E-state index in [1.54, 1.807) is 11.3 Å². The highest BCUT2D eigenvalue weighted by atomic mass is 32.1. The number of morpholine rings is 1. The Morgan fingerprint density at radius 3 is 2.50 bits per heavy atom. The van der Waals surface area contributed by atoms with Gasteiger partial charge in [-0.15, -0.1) is 11.3 Å². The molecular formula is C23H27N3OS. The molecule has 3 aromatic rings. The molecule has 0 saturated carbocycles. The summed E-state index contributed by atoms with van der Waals surface area (Å²) in [5.74, 6) is 0. The van der Waals surface area contributed by atoms with Crippen LogP contribution in [0.1, 0.15) is 12.0 Å². The van der Waals surface area contributed by atoms with Crippen molar-refractivity contribution >= 4 is 17.0 Å². The van der Waals surface area contributed by atoms with Crippen molar-refractivity contribution in [3.05, 3.63) is 70.3 Å². The average molecular weight is 394 g/mol. The number of aryl methyl sites for hydroxylation is 1. The summed E-state index contributed by atoms with van der Waals surface area (Å²) in [7, 11) is 0. The molecule has 2 aromatic carbocycles. The molecule has 1 aliphatic heterocycles. The molecule has 0 amide bonds. The Labute approximate surface area is 170 Å². The van der Waals surface area contributed by atoms with E-state index in [0.717, 1.165) is 56.3 Å². The highest BCUT2D eigenvalue weighted by molar-refractivity contribution is 7.07. The standard InChI is InChI=1S/C23H27N3OS/c1-19-8-5-6-11-21(19)24-23-26(13-7-12-25-14-16-27-17-15-25)22(18-28-23)20-9-3-2-4-10-20/h2-6,8-11,18H,7,12-17H2,1H3. The maximum atomic E-state index is 5.47. The van der Waals surface area contributed by atoms with Crippen LogP contribution in [0.15, 0.2) is 65.0 Å². The molecule has 0 atom stereocenters. The largest absolute Gasteiger partial charge is 0.379 e. The molecule has 146 valence electrons. The molecule has 0 aliphatic carbocycles. The minimum atomic E-state index is 0.856. The maximum Gasteiger partial charge on any atom is 0.190 e. The molecule has 5 heteroatoms. The van der Waals surface area contributed by atoms with Crippen LogP contribution in [0.2, 0.25) is 0 Å². The summed E-state index contributed by atoms with van der Waals surface area (Å²) in [6, 6.07) is 19.0. The summed E-state index contributed by atoms with van der Waals surface area (Å²) >= 11 is 1.72. The average Bonchev–Trinajstić information content (AvgIpc) is 3.14. The fraction of sp³-hybridized carbons (Fsp3) is 0.348. The van der Waals surface area contributed by atoms with E-state index in [1.165, 1.54) is 16.8 Å². The van der Waals surface area contributed by atoms with Gasteiger partial charge in [0, 0.05) is 31.6 Å². The molecule has 0 radical (unpaired) electrons. The van der Waals surface area contributed by atoms with E-state index in [0.29, 0.717) is 0 Å². The first kappa shape index (κ1) is 19.1. The van der Waals surface area contributed by atoms with Gasteiger partial charge < -0.3 is 9.30 Å². The van der Waals surface area contributed by atoms with E-state index in [4.69, 9.17) is 9.73 Å². The highest BCUT2D eigenvalue weighted by Crippen LogP contribution is 2.22. The van der Waals surface area contributed by atoms with Crippen LogP contribution >= 0.6 is 11.3 Å². The third-order valence-electron chi connectivity index (χ3n) is 5.16. The lowest BCUT2D eigenvalue weighted by Crippen LogP contribution is -2.37. The number of ether oxygens (including phenoxy) is 1. The van der Waals surface area contributed by atoms with Crippen molar-refractivity contribution in [1.82, 2.24) is 9.47 Å². The van der Waals surface area contributed by atoms with Gasteiger partial charge in [-0.05, 0) is 30.5 Å². The first-order valence-corrected chi connectivity index (χ1v) is 10.8. The van der Waals surface area contributed by atoms with Gasteiger partial charge in [0.15, 0.2) is 4.80 Å². The lowest BCUT2D eigenvalue weighted by molar-refractivity contribution is 0.0369. The Hall–Kier alpha value is -2.21. The van der Waals surface area contributed by atoms with Gasteiger partial charge in [-0.2, -0.15) is 0 Å². The van der Waals surface area contributed by atoms with E-state index in [2.05, 4.69) is 76.4 Å². The summed E-state index contributed by atoms with van der Waals surface area (Å²) in [5.41, 5.74) is 4.75. The van der Waals surface area contributed by atoms with Crippen molar-refractivity contribution in [2.24, 2.45) is 4.99 Å². The predicted molar refractivity (Wildman–Crippen MR) is 116 cm³/mol. The van der Waals surface area contributed by atoms with Crippen LogP contribution in [0.5, 0.6) is 0 Å². The molecule has 1 aromatic heterocycles. The minimum absolute atomic E-state index is 0.856. The van der Waals surface area contributed by atoms with Crippen molar-refractivity contribution in [2.45, 2.75) is 19.9 Å². The lowest BCUT2D eigenvalue weighted by atomic mass is 10.2. The number of para-hydroxylation sites is 1. The monoisotopic (exact) mass is 393 g/mol. The van der Waals surface area contributed by atoms with Gasteiger partial charge >= 0.3 is 0 Å². The molecule has 1 aliphatic rings. The number of hydrogen-bond acceptors (Lipinski definition) is 4. The second-order valence-corrected chi connectivity index (χ2v) is 7.96. The Balaban J connectivity index is 1.62. The van der Waals surface area contributed by atoms with Crippen molar-refractivity contribution in [3.8, 4) is 11.3 Å². The second kappa shape index (κ2) is 9.32. The lowest BCUT2D eigenvalue weighted by Gasteiger charge is -2.26. The fourth-order valence-corrected chi connectivity index (χ4v) is 4.49. The van der Waals surface area contributed by atoms with E-state index >= 15 is 0 Å². The van der Waals surface area contributed by atoms with Crippen molar-refractivity contribution in [3.63, 3.8) is 0 Å². The molecular weight excluding hydrogens is 366 g/mol. The molecule has 0 N–H and O–H groups in total. The van der Waals surface area contributed by atoms with Crippen LogP contribution in [-0.2, 0) is 11.3 Å². The Kier molecular flexibility index (Phi) is 6.37. The van der Waals surface area contributed by atoms with E-state index in [-0.39, 0.29) is 0 Å². The zero-order valence-corrected chi connectivity index (χ0v) is 17.2. The van der Waals surface area contributed by atoms with Crippen molar-refractivity contribution in [1.29, 1.82) is 0 Å². The van der Waals surface area contributed by atoms with Crippen molar-refractivity contribution < 1.29 is 4.74 Å². The summed E-state index contributed by atoms with van der Waals surface area (Å²) in [5, 5.41) is 2.24. The van der Waals surface area contributed by atoms with Crippen LogP contribution < -0.4 is 4.80 Å². The molecule has 4 nitrogen and oxygen atoms in total. The van der Waals surface area contributed by atoms with E-state index < -0.39 is 0 Å². The highest BCUT2D eigenvalue weighted by Gasteiger charge is 2.12. The molecule has 4 rings (SSSR count). The van der Waals surface area contributed by atoms with Crippen LogP contribution in [0.4, 0.5) is 5.69 Å². The molecule has 1 saturated heterocycles. The quantitative estimate of drug-likeness (QED) is 0.618. The number of hydrogen-bond donors (Lipinski definition) is 0. The van der Waals surface area contributed by atoms with Gasteiger partial charge in [0.05, 0.1) is 24.6 Å². The summed E-state index contributed by atoms with van der Waals surface area (Å²) < 4.78 is 7.85. The smallest absolute Gasteiger partial charge is 0.190 e. The third kappa shape index (κ3) is 4.61. The van der Waals surface area contributed by atoms with Gasteiger partial charge in [0.25, 0.3) is 0 Å². The van der Waals surface area contributed by atoms with Crippen LogP contribution in [0, 0.1) is 6.92 Å². The fourth-order valence-electron chi connectivity index (χ4n) is 3.54. The topological polar surface area (TPSA) is 29.8 Å². The van der Waals surface area contributed by atoms with Crippen LogP contribution in [0.25, 0.3) is 11.3 Å². The zero-order valence-electron chi connectivity index (χ0n) is 16.4. The van der Waals surface area contributed by atoms with Crippen molar-refractivity contribution in [2.75, 3.05) is 32.8 Å². The Bertz CT molecular complexity index is 955. The number of aromatic nitrogens is 1. The first-order chi connectivity index (χ1) is 13.8. The number of rotatable bonds is 6. The normalized spacial score (nSPS) is 15.8. The van der Waals surface area contributed by atoms with Gasteiger partial charge in [0.2, 0.25) is 0 Å². The summed E-state index contributed by atoms with van der Waals surface area (Å²) in [6.07, 6.45) is 1.11. The number of nitrogens with zero attached hydrogens (tertiary/aromatic N) is 3. The number of benzene rings is 2. The molecule has 28 heavy (non-hydrogen) atoms. The third-order valence-corrected chi connectivity index (χ3v) is 6.02. The van der Waals surface area contributed by atoms with Gasteiger partial charge in [-0.25, -0.2) is 4.99 Å². The zero-order chi connectivity index (χ0) is 19.2. The van der Waals surface area contributed by atoms with Gasteiger partial charge in [-0.1, -0.05) is 48.5 Å². The minimum Gasteiger partial charge on any atom is -0.379 e. The van der Waals surface area contributed by atoms with Gasteiger partial charge in [0.1, 0.15) is 0 Å². The second-order valence-electron chi connectivity index (χ2n) is 7.13. The summed E-state index contributed by atoms with van der Waals surface area (Å²) in [6.45, 7) is 7.98. The molecule has 2 heterocycles. The first-order valence-electron chi connectivity index (χ1n) is 9.95. The Morgan fingerprint density at radius 2 is 1.71 bits per heavy atom. The SMILES string of the molecule is Cc1ccccc1N=c1scc(-c2ccccc2)n1CCCN1CCOCC1. The van der Waals surface area contributed by atoms with E-state index in [9.17, 15) is 0 Å². The molecule has 0 bridgehead atoms. The molecule has 0 unspecified atom stereocenters. The van der Waals surface area contributed by atoms with Crippen LogP contribution in [0.3, 0.4) is 0 Å². The van der Waals surface area contributed by atoms with Crippen LogP contribution in [-0.4, -0.2) is 42.3 Å². The summed E-state index contributed by atoms with van der Waals surface area (Å²) in [4.78, 5) is 8.56. The molecule has 0 spiro atoms. The van der Waals surface area contributed by atoms with E-state index in [1.807, 2.05) is 0 Å². The van der Waals surface area contributed by atoms with Gasteiger partial charge in [-0.3, -0.25) is 4.90 Å². The molecule has 1 fully saturated rings. The predicted octanol–water partition coefficient (Wildman–Crippen LogP) is 4.48. The Morgan fingerprint density at radius 1 is 0.964 bits per heavy atom.